The maximum atomic E-state index is 11.3. The number of rotatable bonds is 3. The molecule has 1 aromatic carbocycles. The van der Waals surface area contributed by atoms with E-state index in [1.165, 1.54) is 4.68 Å². The van der Waals surface area contributed by atoms with Crippen LogP contribution in [0.2, 0.25) is 0 Å². The second-order valence-corrected chi connectivity index (χ2v) is 4.43. The van der Waals surface area contributed by atoms with Gasteiger partial charge in [-0.2, -0.15) is 10.1 Å². The van der Waals surface area contributed by atoms with Crippen LogP contribution < -0.4 is 5.32 Å². The van der Waals surface area contributed by atoms with Crippen molar-refractivity contribution in [2.75, 3.05) is 12.4 Å². The molecule has 0 radical (unpaired) electrons. The SMILES string of the molecule is CNc1nc(C)c([N+](=O)[O-])c(-n2ncc3ccccc32)n1. The van der Waals surface area contributed by atoms with Crippen LogP contribution in [0.5, 0.6) is 0 Å². The highest BCUT2D eigenvalue weighted by Crippen LogP contribution is 2.27. The molecule has 0 aliphatic rings. The summed E-state index contributed by atoms with van der Waals surface area (Å²) < 4.78 is 1.46. The van der Waals surface area contributed by atoms with E-state index in [2.05, 4.69) is 20.4 Å². The Kier molecular flexibility index (Phi) is 2.98. The standard InChI is InChI=1S/C13H12N6O2/c1-8-11(19(20)21)12(17-13(14-2)16-8)18-10-6-4-3-5-9(10)7-15-18/h3-7H,1-2H3,(H,14,16,17). The van der Waals surface area contributed by atoms with Gasteiger partial charge in [0.2, 0.25) is 11.8 Å². The van der Waals surface area contributed by atoms with Gasteiger partial charge in [0.25, 0.3) is 0 Å². The molecule has 0 atom stereocenters. The van der Waals surface area contributed by atoms with E-state index in [0.29, 0.717) is 5.95 Å². The van der Waals surface area contributed by atoms with Crippen LogP contribution in [0.1, 0.15) is 5.69 Å². The maximum absolute atomic E-state index is 11.3. The lowest BCUT2D eigenvalue weighted by atomic mass is 10.2. The summed E-state index contributed by atoms with van der Waals surface area (Å²) in [6.07, 6.45) is 1.65. The predicted molar refractivity (Wildman–Crippen MR) is 77.6 cm³/mol. The molecule has 2 aromatic heterocycles. The van der Waals surface area contributed by atoms with Crippen molar-refractivity contribution >= 4 is 22.5 Å². The van der Waals surface area contributed by atoms with Crippen LogP contribution in [0, 0.1) is 17.0 Å². The number of aryl methyl sites for hydroxylation is 1. The van der Waals surface area contributed by atoms with Gasteiger partial charge in [-0.05, 0) is 13.0 Å². The summed E-state index contributed by atoms with van der Waals surface area (Å²) in [5.74, 6) is 0.464. The van der Waals surface area contributed by atoms with Crippen molar-refractivity contribution in [3.63, 3.8) is 0 Å². The molecule has 1 N–H and O–H groups in total. The summed E-state index contributed by atoms with van der Waals surface area (Å²) in [5.41, 5.74) is 0.887. The zero-order valence-electron chi connectivity index (χ0n) is 11.4. The zero-order valence-corrected chi connectivity index (χ0v) is 11.4. The van der Waals surface area contributed by atoms with Crippen LogP contribution >= 0.6 is 0 Å². The summed E-state index contributed by atoms with van der Waals surface area (Å²) in [6, 6.07) is 7.45. The summed E-state index contributed by atoms with van der Waals surface area (Å²) in [4.78, 5) is 19.1. The number of para-hydroxylation sites is 1. The van der Waals surface area contributed by atoms with Crippen LogP contribution in [-0.4, -0.2) is 31.7 Å². The van der Waals surface area contributed by atoms with Crippen molar-refractivity contribution < 1.29 is 4.92 Å². The molecule has 2 heterocycles. The summed E-state index contributed by atoms with van der Waals surface area (Å²) >= 11 is 0. The smallest absolute Gasteiger partial charge is 0.334 e. The highest BCUT2D eigenvalue weighted by molar-refractivity contribution is 5.80. The maximum Gasteiger partial charge on any atom is 0.334 e. The van der Waals surface area contributed by atoms with Gasteiger partial charge in [0.1, 0.15) is 5.69 Å². The molecule has 3 rings (SSSR count). The van der Waals surface area contributed by atoms with Crippen molar-refractivity contribution in [2.45, 2.75) is 6.92 Å². The lowest BCUT2D eigenvalue weighted by Gasteiger charge is -2.08. The molecule has 3 aromatic rings. The number of nitrogens with one attached hydrogen (secondary N) is 1. The van der Waals surface area contributed by atoms with E-state index in [9.17, 15) is 10.1 Å². The van der Waals surface area contributed by atoms with Gasteiger partial charge in [-0.25, -0.2) is 9.67 Å². The first-order valence-corrected chi connectivity index (χ1v) is 6.25. The molecule has 8 heteroatoms. The number of fused-ring (bicyclic) bond motifs is 1. The number of aromatic nitrogens is 4. The molecule has 8 nitrogen and oxygen atoms in total. The summed E-state index contributed by atoms with van der Waals surface area (Å²) in [7, 11) is 1.66. The largest absolute Gasteiger partial charge is 0.357 e. The van der Waals surface area contributed by atoms with E-state index >= 15 is 0 Å². The van der Waals surface area contributed by atoms with Crippen molar-refractivity contribution in [3.8, 4) is 5.82 Å². The van der Waals surface area contributed by atoms with Gasteiger partial charge in [-0.1, -0.05) is 18.2 Å². The van der Waals surface area contributed by atoms with Crippen molar-refractivity contribution in [1.29, 1.82) is 0 Å². The highest BCUT2D eigenvalue weighted by Gasteiger charge is 2.24. The van der Waals surface area contributed by atoms with E-state index in [0.717, 1.165) is 10.9 Å². The lowest BCUT2D eigenvalue weighted by Crippen LogP contribution is -2.10. The van der Waals surface area contributed by atoms with Crippen LogP contribution in [-0.2, 0) is 0 Å². The normalized spacial score (nSPS) is 10.8. The predicted octanol–water partition coefficient (Wildman–Crippen LogP) is 2.07. The van der Waals surface area contributed by atoms with E-state index in [-0.39, 0.29) is 17.2 Å². The minimum Gasteiger partial charge on any atom is -0.357 e. The fourth-order valence-electron chi connectivity index (χ4n) is 2.17. The van der Waals surface area contributed by atoms with Gasteiger partial charge in [0, 0.05) is 12.4 Å². The number of nitro groups is 1. The van der Waals surface area contributed by atoms with E-state index in [4.69, 9.17) is 0 Å². The second kappa shape index (κ2) is 4.82. The molecule has 0 saturated heterocycles. The molecule has 0 spiro atoms. The van der Waals surface area contributed by atoms with Crippen molar-refractivity contribution in [3.05, 3.63) is 46.3 Å². The Hall–Kier alpha value is -3.03. The average Bonchev–Trinajstić information content (AvgIpc) is 2.89. The van der Waals surface area contributed by atoms with Gasteiger partial charge >= 0.3 is 5.69 Å². The second-order valence-electron chi connectivity index (χ2n) is 4.43. The molecule has 0 unspecified atom stereocenters. The minimum absolute atomic E-state index is 0.150. The van der Waals surface area contributed by atoms with Gasteiger partial charge in [0.05, 0.1) is 16.6 Å². The number of hydrogen-bond acceptors (Lipinski definition) is 6. The third kappa shape index (κ3) is 2.06. The third-order valence-electron chi connectivity index (χ3n) is 3.12. The van der Waals surface area contributed by atoms with Crippen molar-refractivity contribution in [2.24, 2.45) is 0 Å². The molecule has 0 aliphatic heterocycles. The topological polar surface area (TPSA) is 98.8 Å². The summed E-state index contributed by atoms with van der Waals surface area (Å²) in [5, 5.41) is 19.2. The van der Waals surface area contributed by atoms with Crippen LogP contribution in [0.4, 0.5) is 11.6 Å². The van der Waals surface area contributed by atoms with E-state index in [1.54, 1.807) is 20.2 Å². The van der Waals surface area contributed by atoms with Gasteiger partial charge < -0.3 is 5.32 Å². The van der Waals surface area contributed by atoms with Gasteiger partial charge in [-0.3, -0.25) is 10.1 Å². The molecule has 21 heavy (non-hydrogen) atoms. The van der Waals surface area contributed by atoms with E-state index in [1.807, 2.05) is 24.3 Å². The molecule has 0 bridgehead atoms. The number of anilines is 1. The van der Waals surface area contributed by atoms with Crippen LogP contribution in [0.25, 0.3) is 16.7 Å². The summed E-state index contributed by atoms with van der Waals surface area (Å²) in [6.45, 7) is 1.58. The number of nitrogens with zero attached hydrogens (tertiary/aromatic N) is 5. The Balaban J connectivity index is 2.35. The van der Waals surface area contributed by atoms with E-state index < -0.39 is 4.92 Å². The first kappa shape index (κ1) is 13.0. The van der Waals surface area contributed by atoms with Crippen molar-refractivity contribution in [1.82, 2.24) is 19.7 Å². The Morgan fingerprint density at radius 2 is 2.05 bits per heavy atom. The fraction of sp³-hybridized carbons (Fsp3) is 0.154. The first-order chi connectivity index (χ1) is 10.1. The Labute approximate surface area is 119 Å². The molecule has 0 aliphatic carbocycles. The Morgan fingerprint density at radius 1 is 1.29 bits per heavy atom. The molecular weight excluding hydrogens is 272 g/mol. The quantitative estimate of drug-likeness (QED) is 0.584. The molecule has 106 valence electrons. The lowest BCUT2D eigenvalue weighted by molar-refractivity contribution is -0.385. The zero-order chi connectivity index (χ0) is 15.0. The fourth-order valence-corrected chi connectivity index (χ4v) is 2.17. The van der Waals surface area contributed by atoms with Crippen LogP contribution in [0.15, 0.2) is 30.5 Å². The average molecular weight is 284 g/mol. The molecule has 0 saturated carbocycles. The van der Waals surface area contributed by atoms with Gasteiger partial charge in [-0.15, -0.1) is 0 Å². The number of benzene rings is 1. The monoisotopic (exact) mass is 284 g/mol. The highest BCUT2D eigenvalue weighted by atomic mass is 16.6. The third-order valence-corrected chi connectivity index (χ3v) is 3.12. The Morgan fingerprint density at radius 3 is 2.76 bits per heavy atom. The Bertz CT molecular complexity index is 842. The molecule has 0 fully saturated rings. The molecular formula is C13H12N6O2. The van der Waals surface area contributed by atoms with Crippen LogP contribution in [0.3, 0.4) is 0 Å². The minimum atomic E-state index is -0.486. The first-order valence-electron chi connectivity index (χ1n) is 6.25. The molecule has 0 amide bonds. The number of hydrogen-bond donors (Lipinski definition) is 1. The van der Waals surface area contributed by atoms with Gasteiger partial charge in [0.15, 0.2) is 0 Å².